The zero-order valence-corrected chi connectivity index (χ0v) is 16.4. The van der Waals surface area contributed by atoms with Gasteiger partial charge in [0.1, 0.15) is 0 Å². The average Bonchev–Trinajstić information content (AvgIpc) is 3.10. The van der Waals surface area contributed by atoms with Crippen LogP contribution >= 0.6 is 0 Å². The second-order valence-corrected chi connectivity index (χ2v) is 7.60. The molecule has 1 atom stereocenters. The monoisotopic (exact) mass is 368 g/mol. The minimum Gasteiger partial charge on any atom is -0.369 e. The number of amides is 1. The van der Waals surface area contributed by atoms with Crippen LogP contribution in [0, 0.1) is 5.92 Å². The number of nitrogens with two attached hydrogens (primary N) is 1. The summed E-state index contributed by atoms with van der Waals surface area (Å²) in [7, 11) is 0. The van der Waals surface area contributed by atoms with Crippen molar-refractivity contribution in [2.24, 2.45) is 11.7 Å². The van der Waals surface area contributed by atoms with Gasteiger partial charge in [-0.25, -0.2) is 4.98 Å². The summed E-state index contributed by atoms with van der Waals surface area (Å²) >= 11 is 0. The molecule has 146 valence electrons. The number of hydrogen-bond donors (Lipinski definition) is 1. The number of unbranched alkanes of at least 4 members (excludes halogenated alkanes) is 1. The maximum absolute atomic E-state index is 11.5. The van der Waals surface area contributed by atoms with Crippen LogP contribution in [0.1, 0.15) is 44.7 Å². The summed E-state index contributed by atoms with van der Waals surface area (Å²) in [5.74, 6) is -0.125. The Morgan fingerprint density at radius 2 is 2.04 bits per heavy atom. The molecule has 0 spiro atoms. The van der Waals surface area contributed by atoms with E-state index in [1.54, 1.807) is 0 Å². The Morgan fingerprint density at radius 3 is 2.78 bits per heavy atom. The van der Waals surface area contributed by atoms with Gasteiger partial charge in [0.15, 0.2) is 0 Å². The highest BCUT2D eigenvalue weighted by molar-refractivity contribution is 5.76. The Kier molecular flexibility index (Phi) is 7.04. The van der Waals surface area contributed by atoms with E-state index in [2.05, 4.69) is 40.7 Å². The summed E-state index contributed by atoms with van der Waals surface area (Å²) in [6.45, 7) is 6.10. The number of primary amides is 1. The van der Waals surface area contributed by atoms with E-state index < -0.39 is 0 Å². The molecule has 27 heavy (non-hydrogen) atoms. The molecule has 1 saturated heterocycles. The van der Waals surface area contributed by atoms with Crippen LogP contribution in [0.4, 0.5) is 0 Å². The number of aryl methyl sites for hydroxylation is 1. The van der Waals surface area contributed by atoms with Crippen molar-refractivity contribution in [3.63, 3.8) is 0 Å². The molecule has 5 heteroatoms. The van der Waals surface area contributed by atoms with E-state index in [1.807, 2.05) is 12.4 Å². The van der Waals surface area contributed by atoms with Gasteiger partial charge in [-0.15, -0.1) is 0 Å². The first-order valence-corrected chi connectivity index (χ1v) is 10.3. The van der Waals surface area contributed by atoms with Crippen molar-refractivity contribution in [3.8, 4) is 11.3 Å². The van der Waals surface area contributed by atoms with Gasteiger partial charge in [-0.05, 0) is 45.2 Å². The highest BCUT2D eigenvalue weighted by atomic mass is 16.1. The van der Waals surface area contributed by atoms with Gasteiger partial charge in [-0.1, -0.05) is 43.7 Å². The molecule has 1 amide bonds. The Morgan fingerprint density at radius 1 is 1.22 bits per heavy atom. The number of likely N-dealkylation sites (tertiary alicyclic amines) is 1. The number of imidazole rings is 1. The number of nitrogens with zero attached hydrogens (tertiary/aromatic N) is 3. The molecule has 1 unspecified atom stereocenters. The molecule has 2 aromatic rings. The van der Waals surface area contributed by atoms with E-state index in [1.165, 1.54) is 24.1 Å². The van der Waals surface area contributed by atoms with Gasteiger partial charge in [0.2, 0.25) is 5.91 Å². The quantitative estimate of drug-likeness (QED) is 0.737. The van der Waals surface area contributed by atoms with Crippen molar-refractivity contribution in [1.82, 2.24) is 14.5 Å². The number of carbonyl (C=O) groups is 1. The minimum absolute atomic E-state index is 0.0248. The zero-order chi connectivity index (χ0) is 19.1. The third-order valence-electron chi connectivity index (χ3n) is 5.54. The van der Waals surface area contributed by atoms with Crippen LogP contribution in [0.3, 0.4) is 0 Å². The fraction of sp³-hybridized carbons (Fsp3) is 0.545. The lowest BCUT2D eigenvalue weighted by Gasteiger charge is -2.31. The molecule has 3 rings (SSSR count). The molecule has 0 saturated carbocycles. The van der Waals surface area contributed by atoms with Crippen molar-refractivity contribution >= 4 is 5.91 Å². The maximum atomic E-state index is 11.5. The number of benzene rings is 1. The van der Waals surface area contributed by atoms with Crippen LogP contribution in [0.2, 0.25) is 0 Å². The number of rotatable bonds is 9. The first-order valence-electron chi connectivity index (χ1n) is 10.3. The smallest absolute Gasteiger partial charge is 0.221 e. The lowest BCUT2D eigenvalue weighted by Crippen LogP contribution is -2.41. The zero-order valence-electron chi connectivity index (χ0n) is 16.4. The molecule has 1 aromatic carbocycles. The predicted molar refractivity (Wildman–Crippen MR) is 109 cm³/mol. The SMILES string of the molecule is CCCCc1c(-c2ccccc2)ncn1CCCN1CCCC(C(N)=O)C1. The number of aromatic nitrogens is 2. The van der Waals surface area contributed by atoms with Crippen LogP contribution in [0.5, 0.6) is 0 Å². The van der Waals surface area contributed by atoms with Crippen LogP contribution in [0.15, 0.2) is 36.7 Å². The lowest BCUT2D eigenvalue weighted by molar-refractivity contribution is -0.123. The molecule has 0 aliphatic carbocycles. The van der Waals surface area contributed by atoms with Gasteiger partial charge >= 0.3 is 0 Å². The molecule has 0 bridgehead atoms. The van der Waals surface area contributed by atoms with Crippen molar-refractivity contribution in [1.29, 1.82) is 0 Å². The van der Waals surface area contributed by atoms with Gasteiger partial charge < -0.3 is 15.2 Å². The van der Waals surface area contributed by atoms with Crippen molar-refractivity contribution in [2.75, 3.05) is 19.6 Å². The van der Waals surface area contributed by atoms with Gasteiger partial charge in [0.05, 0.1) is 17.9 Å². The Bertz CT molecular complexity index is 725. The molecular formula is C22H32N4O. The second-order valence-electron chi connectivity index (χ2n) is 7.60. The fourth-order valence-electron chi connectivity index (χ4n) is 4.00. The maximum Gasteiger partial charge on any atom is 0.221 e. The number of hydrogen-bond acceptors (Lipinski definition) is 3. The summed E-state index contributed by atoms with van der Waals surface area (Å²) in [4.78, 5) is 18.6. The molecule has 2 N–H and O–H groups in total. The summed E-state index contributed by atoms with van der Waals surface area (Å²) < 4.78 is 2.33. The van der Waals surface area contributed by atoms with E-state index in [0.717, 1.165) is 57.6 Å². The Labute approximate surface area is 162 Å². The van der Waals surface area contributed by atoms with Gasteiger partial charge in [-0.2, -0.15) is 0 Å². The summed E-state index contributed by atoms with van der Waals surface area (Å²) in [5.41, 5.74) is 9.16. The Hall–Kier alpha value is -2.14. The molecular weight excluding hydrogens is 336 g/mol. The summed E-state index contributed by atoms with van der Waals surface area (Å²) in [5, 5.41) is 0. The van der Waals surface area contributed by atoms with Crippen LogP contribution < -0.4 is 5.73 Å². The fourth-order valence-corrected chi connectivity index (χ4v) is 4.00. The molecule has 1 aliphatic rings. The number of carbonyl (C=O) groups excluding carboxylic acids is 1. The van der Waals surface area contributed by atoms with Gasteiger partial charge in [0.25, 0.3) is 0 Å². The molecule has 2 heterocycles. The van der Waals surface area contributed by atoms with Gasteiger partial charge in [-0.3, -0.25) is 4.79 Å². The standard InChI is InChI=1S/C22H32N4O/c1-2-3-12-20-21(18-9-5-4-6-10-18)24-17-26(20)15-8-14-25-13-7-11-19(16-25)22(23)27/h4-6,9-10,17,19H,2-3,7-8,11-16H2,1H3,(H2,23,27). The second kappa shape index (κ2) is 9.70. The van der Waals surface area contributed by atoms with E-state index in [9.17, 15) is 4.79 Å². The third kappa shape index (κ3) is 5.19. The predicted octanol–water partition coefficient (Wildman–Crippen LogP) is 3.48. The van der Waals surface area contributed by atoms with E-state index >= 15 is 0 Å². The summed E-state index contributed by atoms with van der Waals surface area (Å²) in [6, 6.07) is 10.5. The molecule has 5 nitrogen and oxygen atoms in total. The van der Waals surface area contributed by atoms with Crippen LogP contribution in [-0.4, -0.2) is 40.0 Å². The minimum atomic E-state index is -0.149. The highest BCUT2D eigenvalue weighted by Gasteiger charge is 2.23. The van der Waals surface area contributed by atoms with E-state index in [0.29, 0.717) is 0 Å². The first kappa shape index (κ1) is 19.6. The first-order chi connectivity index (χ1) is 13.2. The Balaban J connectivity index is 1.62. The average molecular weight is 369 g/mol. The number of piperidine rings is 1. The topological polar surface area (TPSA) is 64.2 Å². The molecule has 1 aromatic heterocycles. The van der Waals surface area contributed by atoms with Crippen molar-refractivity contribution in [3.05, 3.63) is 42.4 Å². The largest absolute Gasteiger partial charge is 0.369 e. The van der Waals surface area contributed by atoms with Gasteiger partial charge in [0, 0.05) is 24.3 Å². The van der Waals surface area contributed by atoms with E-state index in [-0.39, 0.29) is 11.8 Å². The summed E-state index contributed by atoms with van der Waals surface area (Å²) in [6.07, 6.45) is 8.49. The lowest BCUT2D eigenvalue weighted by atomic mass is 9.97. The van der Waals surface area contributed by atoms with E-state index in [4.69, 9.17) is 10.7 Å². The van der Waals surface area contributed by atoms with Crippen molar-refractivity contribution < 1.29 is 4.79 Å². The third-order valence-corrected chi connectivity index (χ3v) is 5.54. The van der Waals surface area contributed by atoms with Crippen LogP contribution in [-0.2, 0) is 17.8 Å². The normalized spacial score (nSPS) is 17.9. The van der Waals surface area contributed by atoms with Crippen molar-refractivity contribution in [2.45, 2.75) is 52.0 Å². The van der Waals surface area contributed by atoms with Crippen LogP contribution in [0.25, 0.3) is 11.3 Å². The molecule has 1 fully saturated rings. The molecule has 0 radical (unpaired) electrons. The molecule has 1 aliphatic heterocycles. The highest BCUT2D eigenvalue weighted by Crippen LogP contribution is 2.24.